The molecule has 1 aliphatic heterocycles. The molecule has 0 bridgehead atoms. The Labute approximate surface area is 102 Å². The Hall–Kier alpha value is -1.10. The van der Waals surface area contributed by atoms with Crippen molar-refractivity contribution in [2.45, 2.75) is 51.7 Å². The molecule has 1 saturated heterocycles. The first-order valence-electron chi connectivity index (χ1n) is 6.14. The van der Waals surface area contributed by atoms with Crippen LogP contribution in [0.15, 0.2) is 0 Å². The highest BCUT2D eigenvalue weighted by Gasteiger charge is 2.40. The number of ether oxygens (including phenoxy) is 1. The van der Waals surface area contributed by atoms with Crippen LogP contribution in [0, 0.1) is 0 Å². The molecule has 1 fully saturated rings. The molecule has 0 aliphatic carbocycles. The van der Waals surface area contributed by atoms with Gasteiger partial charge >= 0.3 is 0 Å². The summed E-state index contributed by atoms with van der Waals surface area (Å²) < 4.78 is 5.08. The molecule has 1 N–H and O–H groups in total. The van der Waals surface area contributed by atoms with E-state index in [-0.39, 0.29) is 23.9 Å². The summed E-state index contributed by atoms with van der Waals surface area (Å²) in [5.41, 5.74) is 0. The van der Waals surface area contributed by atoms with E-state index in [1.807, 2.05) is 13.8 Å². The van der Waals surface area contributed by atoms with Gasteiger partial charge in [0.25, 0.3) is 0 Å². The molecular formula is C12H22N2O3. The van der Waals surface area contributed by atoms with Crippen LogP contribution < -0.4 is 5.32 Å². The summed E-state index contributed by atoms with van der Waals surface area (Å²) in [5.74, 6) is -0.0745. The summed E-state index contributed by atoms with van der Waals surface area (Å²) in [6.07, 6.45) is 1.56. The Balaban J connectivity index is 2.89. The van der Waals surface area contributed by atoms with E-state index in [1.54, 1.807) is 18.9 Å². The van der Waals surface area contributed by atoms with Gasteiger partial charge in [0, 0.05) is 7.11 Å². The lowest BCUT2D eigenvalue weighted by atomic mass is 10.0. The maximum Gasteiger partial charge on any atom is 0.245 e. The van der Waals surface area contributed by atoms with Crippen molar-refractivity contribution in [3.8, 4) is 0 Å². The highest BCUT2D eigenvalue weighted by atomic mass is 16.5. The number of nitrogens with zero attached hydrogens (tertiary/aromatic N) is 1. The van der Waals surface area contributed by atoms with E-state index in [9.17, 15) is 9.59 Å². The average Bonchev–Trinajstić information content (AvgIpc) is 2.26. The molecule has 98 valence electrons. The minimum Gasteiger partial charge on any atom is -0.383 e. The van der Waals surface area contributed by atoms with Gasteiger partial charge in [0.1, 0.15) is 12.1 Å². The van der Waals surface area contributed by atoms with E-state index in [1.165, 1.54) is 0 Å². The van der Waals surface area contributed by atoms with Gasteiger partial charge in [0.05, 0.1) is 12.6 Å². The molecule has 2 amide bonds. The van der Waals surface area contributed by atoms with E-state index in [0.717, 1.165) is 6.42 Å². The largest absolute Gasteiger partial charge is 0.383 e. The first-order valence-corrected chi connectivity index (χ1v) is 6.14. The first kappa shape index (κ1) is 14.0. The number of hydrogen-bond acceptors (Lipinski definition) is 3. The van der Waals surface area contributed by atoms with Crippen LogP contribution >= 0.6 is 0 Å². The summed E-state index contributed by atoms with van der Waals surface area (Å²) in [6, 6.07) is -0.860. The fourth-order valence-corrected chi connectivity index (χ4v) is 2.26. The Kier molecular flexibility index (Phi) is 4.93. The van der Waals surface area contributed by atoms with Gasteiger partial charge in [-0.2, -0.15) is 0 Å². The average molecular weight is 242 g/mol. The van der Waals surface area contributed by atoms with Gasteiger partial charge in [-0.3, -0.25) is 9.59 Å². The van der Waals surface area contributed by atoms with Crippen molar-refractivity contribution < 1.29 is 14.3 Å². The van der Waals surface area contributed by atoms with Crippen LogP contribution in [0.25, 0.3) is 0 Å². The molecule has 3 atom stereocenters. The van der Waals surface area contributed by atoms with E-state index in [0.29, 0.717) is 13.0 Å². The topological polar surface area (TPSA) is 58.6 Å². The van der Waals surface area contributed by atoms with Gasteiger partial charge < -0.3 is 15.0 Å². The van der Waals surface area contributed by atoms with Gasteiger partial charge in [-0.25, -0.2) is 0 Å². The van der Waals surface area contributed by atoms with Crippen molar-refractivity contribution >= 4 is 11.8 Å². The zero-order valence-electron chi connectivity index (χ0n) is 11.0. The third kappa shape index (κ3) is 2.97. The zero-order chi connectivity index (χ0) is 13.0. The third-order valence-corrected chi connectivity index (χ3v) is 3.07. The Morgan fingerprint density at radius 1 is 1.47 bits per heavy atom. The van der Waals surface area contributed by atoms with Crippen LogP contribution in [0.5, 0.6) is 0 Å². The smallest absolute Gasteiger partial charge is 0.245 e. The van der Waals surface area contributed by atoms with E-state index >= 15 is 0 Å². The highest BCUT2D eigenvalue weighted by Crippen LogP contribution is 2.18. The standard InChI is InChI=1S/C12H22N2O3/c1-5-6-10-11(15)13-9(3)12(16)14(10)8(2)7-17-4/h8-10H,5-7H2,1-4H3,(H,13,15). The second-order valence-electron chi connectivity index (χ2n) is 4.58. The van der Waals surface area contributed by atoms with Gasteiger partial charge in [-0.15, -0.1) is 0 Å². The minimum atomic E-state index is -0.435. The van der Waals surface area contributed by atoms with Crippen LogP contribution in [-0.2, 0) is 14.3 Å². The van der Waals surface area contributed by atoms with Gasteiger partial charge in [0.2, 0.25) is 11.8 Å². The van der Waals surface area contributed by atoms with Crippen molar-refractivity contribution in [1.82, 2.24) is 10.2 Å². The maximum absolute atomic E-state index is 12.1. The number of rotatable bonds is 5. The van der Waals surface area contributed by atoms with Crippen molar-refractivity contribution in [1.29, 1.82) is 0 Å². The molecule has 3 unspecified atom stereocenters. The summed E-state index contributed by atoms with van der Waals surface area (Å²) in [5, 5.41) is 2.72. The normalized spacial score (nSPS) is 26.9. The Morgan fingerprint density at radius 3 is 2.65 bits per heavy atom. The second-order valence-corrected chi connectivity index (χ2v) is 4.58. The van der Waals surface area contributed by atoms with Crippen molar-refractivity contribution in [2.75, 3.05) is 13.7 Å². The molecule has 0 aromatic heterocycles. The summed E-state index contributed by atoms with van der Waals surface area (Å²) in [7, 11) is 1.60. The highest BCUT2D eigenvalue weighted by molar-refractivity contribution is 5.96. The fourth-order valence-electron chi connectivity index (χ4n) is 2.26. The number of nitrogens with one attached hydrogen (secondary N) is 1. The molecule has 0 spiro atoms. The predicted octanol–water partition coefficient (Wildman–Crippen LogP) is 0.537. The maximum atomic E-state index is 12.1. The molecule has 5 heteroatoms. The molecule has 0 radical (unpaired) electrons. The number of carbonyl (C=O) groups is 2. The van der Waals surface area contributed by atoms with Gasteiger partial charge in [0.15, 0.2) is 0 Å². The molecule has 17 heavy (non-hydrogen) atoms. The minimum absolute atomic E-state index is 0.0207. The molecule has 1 heterocycles. The van der Waals surface area contributed by atoms with Crippen LogP contribution in [0.1, 0.15) is 33.6 Å². The molecular weight excluding hydrogens is 220 g/mol. The fraction of sp³-hybridized carbons (Fsp3) is 0.833. The van der Waals surface area contributed by atoms with Crippen LogP contribution in [0.4, 0.5) is 0 Å². The summed E-state index contributed by atoms with van der Waals surface area (Å²) >= 11 is 0. The first-order chi connectivity index (χ1) is 8.02. The van der Waals surface area contributed by atoms with Crippen molar-refractivity contribution in [2.24, 2.45) is 0 Å². The predicted molar refractivity (Wildman–Crippen MR) is 64.5 cm³/mol. The quantitative estimate of drug-likeness (QED) is 0.765. The van der Waals surface area contributed by atoms with Crippen LogP contribution in [0.2, 0.25) is 0 Å². The van der Waals surface area contributed by atoms with Gasteiger partial charge in [-0.05, 0) is 20.3 Å². The SMILES string of the molecule is CCCC1C(=O)NC(C)C(=O)N1C(C)COC. The lowest BCUT2D eigenvalue weighted by molar-refractivity contribution is -0.152. The third-order valence-electron chi connectivity index (χ3n) is 3.07. The van der Waals surface area contributed by atoms with Gasteiger partial charge in [-0.1, -0.05) is 13.3 Å². The second kappa shape index (κ2) is 6.00. The summed E-state index contributed by atoms with van der Waals surface area (Å²) in [6.45, 7) is 6.09. The number of piperazine rings is 1. The molecule has 0 saturated carbocycles. The van der Waals surface area contributed by atoms with E-state index in [4.69, 9.17) is 4.74 Å². The van der Waals surface area contributed by atoms with Crippen LogP contribution in [0.3, 0.4) is 0 Å². The molecule has 5 nitrogen and oxygen atoms in total. The molecule has 1 aliphatic rings. The Morgan fingerprint density at radius 2 is 2.12 bits per heavy atom. The lowest BCUT2D eigenvalue weighted by Gasteiger charge is -2.41. The number of hydrogen-bond donors (Lipinski definition) is 1. The number of methoxy groups -OCH3 is 1. The number of amides is 2. The van der Waals surface area contributed by atoms with Crippen LogP contribution in [-0.4, -0.2) is 48.6 Å². The Bertz CT molecular complexity index is 293. The van der Waals surface area contributed by atoms with E-state index < -0.39 is 6.04 Å². The molecule has 0 aromatic carbocycles. The molecule has 0 aromatic rings. The lowest BCUT2D eigenvalue weighted by Crippen LogP contribution is -2.65. The van der Waals surface area contributed by atoms with Crippen molar-refractivity contribution in [3.05, 3.63) is 0 Å². The monoisotopic (exact) mass is 242 g/mol. The van der Waals surface area contributed by atoms with E-state index in [2.05, 4.69) is 5.32 Å². The van der Waals surface area contributed by atoms with Crippen molar-refractivity contribution in [3.63, 3.8) is 0 Å². The summed E-state index contributed by atoms with van der Waals surface area (Å²) in [4.78, 5) is 25.7. The molecule has 1 rings (SSSR count). The number of carbonyl (C=O) groups excluding carboxylic acids is 2. The zero-order valence-corrected chi connectivity index (χ0v) is 11.0.